The molecule has 0 rings (SSSR count). The third-order valence-electron chi connectivity index (χ3n) is 0.853. The molecule has 0 aliphatic heterocycles. The van der Waals surface area contributed by atoms with Crippen LogP contribution in [0.2, 0.25) is 6.55 Å². The topological polar surface area (TPSA) is 59.4 Å². The van der Waals surface area contributed by atoms with Gasteiger partial charge in [0.2, 0.25) is 6.08 Å². The summed E-state index contributed by atoms with van der Waals surface area (Å²) in [5.41, 5.74) is 0. The van der Waals surface area contributed by atoms with Crippen molar-refractivity contribution < 1.29 is 13.6 Å². The second-order valence-electron chi connectivity index (χ2n) is 1.83. The predicted molar refractivity (Wildman–Crippen MR) is 56.5 cm³/mol. The third kappa shape index (κ3) is 49.1. The highest BCUT2D eigenvalue weighted by Crippen LogP contribution is 1.77. The summed E-state index contributed by atoms with van der Waals surface area (Å²) in [4.78, 5) is 8.35. The maximum absolute atomic E-state index is 8.35. The molecule has 0 atom stereocenters. The molecule has 0 spiro atoms. The van der Waals surface area contributed by atoms with Crippen LogP contribution in [-0.4, -0.2) is 35.5 Å². The van der Waals surface area contributed by atoms with Gasteiger partial charge in [0.15, 0.2) is 0 Å². The number of hydrogen-bond acceptors (Lipinski definition) is 4. The van der Waals surface area contributed by atoms with Crippen molar-refractivity contribution in [2.75, 3.05) is 20.1 Å². The molecule has 80 valence electrons. The Kier molecular flexibility index (Phi) is 32.3. The summed E-state index contributed by atoms with van der Waals surface area (Å²) in [5.74, 6) is 0.792. The Bertz CT molecular complexity index is 104. The van der Waals surface area contributed by atoms with Crippen molar-refractivity contribution in [1.29, 1.82) is 5.41 Å². The number of halogens is 1. The molecule has 0 amide bonds. The minimum absolute atomic E-state index is 0.750. The Morgan fingerprint density at radius 3 is 1.69 bits per heavy atom. The monoisotopic (exact) mass is 227 g/mol. The molecule has 0 fully saturated rings. The van der Waals surface area contributed by atoms with Gasteiger partial charge in [-0.2, -0.15) is 0 Å². The molecule has 0 unspecified atom stereocenters. The van der Waals surface area contributed by atoms with Crippen molar-refractivity contribution in [3.8, 4) is 0 Å². The van der Waals surface area contributed by atoms with Crippen molar-refractivity contribution in [2.45, 2.75) is 19.9 Å². The fourth-order valence-corrected chi connectivity index (χ4v) is 0.289. The lowest BCUT2D eigenvalue weighted by Gasteiger charge is -2.00. The normalized spacial score (nSPS) is 7.54. The van der Waals surface area contributed by atoms with Crippen LogP contribution in [-0.2, 0) is 13.6 Å². The molecule has 0 heterocycles. The van der Waals surface area contributed by atoms with Gasteiger partial charge < -0.3 is 8.85 Å². The first-order chi connectivity index (χ1) is 6.14. The molecular formula is C7H18ClNO3Si. The molecule has 0 aliphatic carbocycles. The van der Waals surface area contributed by atoms with Gasteiger partial charge >= 0.3 is 9.28 Å². The Labute approximate surface area is 86.5 Å². The van der Waals surface area contributed by atoms with Crippen molar-refractivity contribution in [2.24, 2.45) is 0 Å². The number of isocyanates is 1. The van der Waals surface area contributed by atoms with Crippen LogP contribution in [0.4, 0.5) is 0 Å². The van der Waals surface area contributed by atoms with E-state index in [0.717, 1.165) is 18.4 Å². The van der Waals surface area contributed by atoms with Gasteiger partial charge in [-0.1, -0.05) is 6.92 Å². The lowest BCUT2D eigenvalue weighted by molar-refractivity contribution is 0.285. The van der Waals surface area contributed by atoms with E-state index >= 15 is 0 Å². The fraction of sp³-hybridized carbons (Fsp3) is 0.857. The van der Waals surface area contributed by atoms with Gasteiger partial charge in [0, 0.05) is 20.1 Å². The maximum Gasteiger partial charge on any atom is 0.317 e. The van der Waals surface area contributed by atoms with Gasteiger partial charge in [-0.25, -0.2) is 10.2 Å². The summed E-state index contributed by atoms with van der Waals surface area (Å²) in [6.45, 7) is 4.02. The number of hydrogen-bond donors (Lipinski definition) is 1. The number of rotatable bonds is 3. The molecule has 1 N–H and O–H groups in total. The molecule has 0 aromatic carbocycles. The Morgan fingerprint density at radius 1 is 1.46 bits per heavy atom. The zero-order valence-corrected chi connectivity index (χ0v) is 10.5. The second kappa shape index (κ2) is 22.6. The SMILES string of the molecule is CCCCl.CO[SiH](C)OC.N=C=O. The largest absolute Gasteiger partial charge is 0.400 e. The van der Waals surface area contributed by atoms with E-state index in [0.29, 0.717) is 0 Å². The fourth-order valence-electron chi connectivity index (χ4n) is 0.0962. The van der Waals surface area contributed by atoms with Crippen LogP contribution < -0.4 is 0 Å². The third-order valence-corrected chi connectivity index (χ3v) is 2.56. The van der Waals surface area contributed by atoms with Gasteiger partial charge in [0.1, 0.15) is 0 Å². The molecule has 0 saturated heterocycles. The molecule has 0 aromatic heterocycles. The minimum atomic E-state index is -1.16. The van der Waals surface area contributed by atoms with Gasteiger partial charge in [-0.05, 0) is 13.0 Å². The van der Waals surface area contributed by atoms with Crippen LogP contribution in [0, 0.1) is 5.41 Å². The highest BCUT2D eigenvalue weighted by Gasteiger charge is 1.94. The van der Waals surface area contributed by atoms with E-state index in [1.807, 2.05) is 13.5 Å². The van der Waals surface area contributed by atoms with E-state index in [2.05, 4.69) is 0 Å². The van der Waals surface area contributed by atoms with Crippen molar-refractivity contribution in [1.82, 2.24) is 0 Å². The Hall–Kier alpha value is -0.193. The smallest absolute Gasteiger partial charge is 0.317 e. The molecule has 4 nitrogen and oxygen atoms in total. The lowest BCUT2D eigenvalue weighted by Crippen LogP contribution is -2.12. The molecule has 0 radical (unpaired) electrons. The average Bonchev–Trinajstić information content (AvgIpc) is 2.18. The summed E-state index contributed by atoms with van der Waals surface area (Å²) >= 11 is 5.19. The van der Waals surface area contributed by atoms with E-state index in [-0.39, 0.29) is 0 Å². The molecule has 13 heavy (non-hydrogen) atoms. The molecule has 6 heteroatoms. The Balaban J connectivity index is -0.000000125. The first kappa shape index (κ1) is 18.6. The second-order valence-corrected chi connectivity index (χ2v) is 4.29. The van der Waals surface area contributed by atoms with Crippen molar-refractivity contribution in [3.05, 3.63) is 0 Å². The van der Waals surface area contributed by atoms with Gasteiger partial charge in [0.25, 0.3) is 0 Å². The predicted octanol–water partition coefficient (Wildman–Crippen LogP) is 1.67. The van der Waals surface area contributed by atoms with E-state index in [9.17, 15) is 0 Å². The summed E-state index contributed by atoms with van der Waals surface area (Å²) in [5, 5.41) is 5.40. The quantitative estimate of drug-likeness (QED) is 0.345. The summed E-state index contributed by atoms with van der Waals surface area (Å²) < 4.78 is 9.63. The van der Waals surface area contributed by atoms with Gasteiger partial charge in [-0.3, -0.25) is 0 Å². The number of alkyl halides is 1. The molecular weight excluding hydrogens is 210 g/mol. The van der Waals surface area contributed by atoms with Crippen LogP contribution >= 0.6 is 11.6 Å². The zero-order valence-electron chi connectivity index (χ0n) is 8.59. The van der Waals surface area contributed by atoms with E-state index < -0.39 is 9.28 Å². The zero-order chi connectivity index (χ0) is 11.1. The van der Waals surface area contributed by atoms with E-state index in [1.165, 1.54) is 0 Å². The van der Waals surface area contributed by atoms with Crippen LogP contribution in [0.1, 0.15) is 13.3 Å². The molecule has 0 bridgehead atoms. The van der Waals surface area contributed by atoms with Gasteiger partial charge in [0.05, 0.1) is 0 Å². The summed E-state index contributed by atoms with van der Waals surface area (Å²) in [6.07, 6.45) is 1.83. The van der Waals surface area contributed by atoms with E-state index in [4.69, 9.17) is 30.7 Å². The van der Waals surface area contributed by atoms with Crippen LogP contribution in [0.5, 0.6) is 0 Å². The highest BCUT2D eigenvalue weighted by molar-refractivity contribution is 6.42. The van der Waals surface area contributed by atoms with E-state index in [1.54, 1.807) is 14.2 Å². The van der Waals surface area contributed by atoms with Gasteiger partial charge in [-0.15, -0.1) is 11.6 Å². The number of carbonyl (C=O) groups excluding carboxylic acids is 1. The van der Waals surface area contributed by atoms with Crippen LogP contribution in [0.25, 0.3) is 0 Å². The lowest BCUT2D eigenvalue weighted by atomic mass is 10.6. The molecule has 0 aliphatic rings. The van der Waals surface area contributed by atoms with Crippen LogP contribution in [0.15, 0.2) is 0 Å². The highest BCUT2D eigenvalue weighted by atomic mass is 35.5. The summed E-state index contributed by atoms with van der Waals surface area (Å²) in [6, 6.07) is 0. The van der Waals surface area contributed by atoms with Crippen molar-refractivity contribution in [3.63, 3.8) is 0 Å². The first-order valence-corrected chi connectivity index (χ1v) is 6.43. The van der Waals surface area contributed by atoms with Crippen molar-refractivity contribution >= 4 is 27.0 Å². The standard InChI is InChI=1S/C3H7Cl.C3H10O2Si.CHNO/c1-2-3-4;1-4-6(3)5-2;2-1-3/h2-3H2,1H3;6H,1-3H3;2H. The minimum Gasteiger partial charge on any atom is -0.400 e. The maximum atomic E-state index is 8.35. The van der Waals surface area contributed by atoms with Crippen LogP contribution in [0.3, 0.4) is 0 Å². The Morgan fingerprint density at radius 2 is 1.69 bits per heavy atom. The molecule has 0 saturated carbocycles. The molecule has 0 aromatic rings. The summed E-state index contributed by atoms with van der Waals surface area (Å²) in [7, 11) is 2.17. The number of nitrogens with one attached hydrogen (secondary N) is 1. The average molecular weight is 228 g/mol. The first-order valence-electron chi connectivity index (χ1n) is 3.79.